The zero-order chi connectivity index (χ0) is 30.6. The highest BCUT2D eigenvalue weighted by Gasteiger charge is 2.21. The number of carboxylic acid groups (broad SMARTS) is 1. The number of benzene rings is 3. The predicted octanol–water partition coefficient (Wildman–Crippen LogP) is 8.47. The van der Waals surface area contributed by atoms with Gasteiger partial charge in [-0.15, -0.1) is 0 Å². The quantitative estimate of drug-likeness (QED) is 0.111. The first-order valence-corrected chi connectivity index (χ1v) is 14.6. The maximum Gasteiger partial charge on any atom is 0.335 e. The van der Waals surface area contributed by atoms with Crippen LogP contribution < -0.4 is 0 Å². The first-order chi connectivity index (χ1) is 20.2. The summed E-state index contributed by atoms with van der Waals surface area (Å²) in [5.41, 5.74) is 7.64. The van der Waals surface area contributed by atoms with Crippen molar-refractivity contribution in [1.29, 1.82) is 0 Å². The van der Waals surface area contributed by atoms with E-state index in [1.807, 2.05) is 68.4 Å². The van der Waals surface area contributed by atoms with Crippen molar-refractivity contribution in [3.63, 3.8) is 0 Å². The molecule has 4 aromatic rings. The van der Waals surface area contributed by atoms with Gasteiger partial charge in [0.2, 0.25) is 0 Å². The number of aromatic carboxylic acids is 1. The van der Waals surface area contributed by atoms with Gasteiger partial charge in [0.25, 0.3) is 0 Å². The fourth-order valence-corrected chi connectivity index (χ4v) is 5.18. The number of rotatable bonds is 10. The molecule has 4 rings (SSSR count). The molecule has 0 radical (unpaired) electrons. The van der Waals surface area contributed by atoms with Gasteiger partial charge >= 0.3 is 5.97 Å². The van der Waals surface area contributed by atoms with Crippen molar-refractivity contribution < 1.29 is 15.1 Å². The van der Waals surface area contributed by atoms with Crippen LogP contribution in [0.2, 0.25) is 5.02 Å². The SMILES string of the molecule is CCN(CC)CC.Cc1cc(/C(CC(c2ccc(-c3ccc(C(=O)O)cc3)cc2)c2ccc(Cl)cc2C)=N/O)ccn1. The van der Waals surface area contributed by atoms with E-state index in [4.69, 9.17) is 16.7 Å². The van der Waals surface area contributed by atoms with Gasteiger partial charge in [0.15, 0.2) is 0 Å². The summed E-state index contributed by atoms with van der Waals surface area (Å²) >= 11 is 6.23. The second-order valence-corrected chi connectivity index (χ2v) is 10.6. The van der Waals surface area contributed by atoms with Crippen LogP contribution in [-0.4, -0.2) is 51.5 Å². The van der Waals surface area contributed by atoms with Crippen LogP contribution in [0.15, 0.2) is 90.2 Å². The van der Waals surface area contributed by atoms with Gasteiger partial charge in [-0.05, 0) is 97.7 Å². The Bertz CT molecular complexity index is 1480. The molecule has 0 aliphatic carbocycles. The lowest BCUT2D eigenvalue weighted by Crippen LogP contribution is -2.21. The number of carbonyl (C=O) groups is 1. The summed E-state index contributed by atoms with van der Waals surface area (Å²) in [6.07, 6.45) is 2.19. The lowest BCUT2D eigenvalue weighted by Gasteiger charge is -2.21. The summed E-state index contributed by atoms with van der Waals surface area (Å²) in [7, 11) is 0. The number of hydrogen-bond donors (Lipinski definition) is 2. The monoisotopic (exact) mass is 585 g/mol. The van der Waals surface area contributed by atoms with Crippen LogP contribution in [0.3, 0.4) is 0 Å². The van der Waals surface area contributed by atoms with Gasteiger partial charge in [-0.1, -0.05) is 80.0 Å². The Morgan fingerprint density at radius 1 is 0.857 bits per heavy atom. The Labute approximate surface area is 254 Å². The Hall–Kier alpha value is -4.00. The van der Waals surface area contributed by atoms with Crippen LogP contribution in [-0.2, 0) is 0 Å². The molecular formula is C35H40ClN3O3. The summed E-state index contributed by atoms with van der Waals surface area (Å²) in [5.74, 6) is -1.02. The molecule has 42 heavy (non-hydrogen) atoms. The van der Waals surface area contributed by atoms with E-state index in [0.29, 0.717) is 17.2 Å². The predicted molar refractivity (Wildman–Crippen MR) is 172 cm³/mol. The molecule has 1 aromatic heterocycles. The highest BCUT2D eigenvalue weighted by molar-refractivity contribution is 6.30. The van der Waals surface area contributed by atoms with E-state index in [0.717, 1.165) is 39.1 Å². The standard InChI is InChI=1S/C29H25ClN2O3.C6H15N/c1-18-15-25(30)11-12-26(18)27(17-28(32-35)24-13-14-31-19(2)16-24)22-7-3-20(4-8-22)21-5-9-23(10-6-21)29(33)34;1-4-7(5-2)6-3/h3-16,27,35H,17H2,1-2H3,(H,33,34);4-6H2,1-3H3/b32-28+;. The van der Waals surface area contributed by atoms with Gasteiger partial charge < -0.3 is 15.2 Å². The molecule has 1 heterocycles. The molecule has 0 fully saturated rings. The van der Waals surface area contributed by atoms with Crippen molar-refractivity contribution in [1.82, 2.24) is 9.88 Å². The molecule has 0 aliphatic rings. The lowest BCUT2D eigenvalue weighted by molar-refractivity contribution is 0.0697. The highest BCUT2D eigenvalue weighted by atomic mass is 35.5. The second-order valence-electron chi connectivity index (χ2n) is 10.1. The molecule has 220 valence electrons. The molecular weight excluding hydrogens is 546 g/mol. The van der Waals surface area contributed by atoms with Crippen LogP contribution >= 0.6 is 11.6 Å². The van der Waals surface area contributed by atoms with Crippen LogP contribution in [0.25, 0.3) is 11.1 Å². The van der Waals surface area contributed by atoms with E-state index in [1.54, 1.807) is 18.3 Å². The van der Waals surface area contributed by atoms with E-state index < -0.39 is 5.97 Å². The zero-order valence-corrected chi connectivity index (χ0v) is 25.8. The van der Waals surface area contributed by atoms with E-state index in [2.05, 4.69) is 47.9 Å². The fourth-order valence-electron chi connectivity index (χ4n) is 4.96. The summed E-state index contributed by atoms with van der Waals surface area (Å²) in [5, 5.41) is 23.3. The van der Waals surface area contributed by atoms with Crippen LogP contribution in [0.1, 0.15) is 71.4 Å². The minimum absolute atomic E-state index is 0.0740. The van der Waals surface area contributed by atoms with Gasteiger partial charge in [0.1, 0.15) is 0 Å². The maximum absolute atomic E-state index is 11.1. The van der Waals surface area contributed by atoms with Gasteiger partial charge in [0, 0.05) is 34.8 Å². The van der Waals surface area contributed by atoms with Crippen LogP contribution in [0.5, 0.6) is 0 Å². The summed E-state index contributed by atoms with van der Waals surface area (Å²) in [4.78, 5) is 17.8. The highest BCUT2D eigenvalue weighted by Crippen LogP contribution is 2.34. The van der Waals surface area contributed by atoms with Crippen molar-refractivity contribution in [2.24, 2.45) is 5.16 Å². The molecule has 0 spiro atoms. The molecule has 0 saturated heterocycles. The third-order valence-electron chi connectivity index (χ3n) is 7.48. The van der Waals surface area contributed by atoms with Gasteiger partial charge in [-0.3, -0.25) is 4.98 Å². The number of oxime groups is 1. The van der Waals surface area contributed by atoms with Gasteiger partial charge in [0.05, 0.1) is 11.3 Å². The first kappa shape index (κ1) is 32.5. The van der Waals surface area contributed by atoms with Crippen molar-refractivity contribution in [3.05, 3.63) is 124 Å². The molecule has 0 amide bonds. The molecule has 6 nitrogen and oxygen atoms in total. The molecule has 1 atom stereocenters. The molecule has 1 unspecified atom stereocenters. The fraction of sp³-hybridized carbons (Fsp3) is 0.286. The lowest BCUT2D eigenvalue weighted by atomic mass is 9.83. The number of nitrogens with zero attached hydrogens (tertiary/aromatic N) is 3. The molecule has 7 heteroatoms. The van der Waals surface area contributed by atoms with Crippen molar-refractivity contribution in [2.75, 3.05) is 19.6 Å². The van der Waals surface area contributed by atoms with E-state index in [1.165, 1.54) is 19.6 Å². The number of carboxylic acids is 1. The normalized spacial score (nSPS) is 12.0. The summed E-state index contributed by atoms with van der Waals surface area (Å²) in [6, 6.07) is 24.6. The van der Waals surface area contributed by atoms with E-state index >= 15 is 0 Å². The number of hydrogen-bond acceptors (Lipinski definition) is 5. The van der Waals surface area contributed by atoms with Gasteiger partial charge in [-0.2, -0.15) is 0 Å². The van der Waals surface area contributed by atoms with E-state index in [9.17, 15) is 10.0 Å². The van der Waals surface area contributed by atoms with Gasteiger partial charge in [-0.25, -0.2) is 4.79 Å². The van der Waals surface area contributed by atoms with Crippen LogP contribution in [0.4, 0.5) is 0 Å². The topological polar surface area (TPSA) is 86.0 Å². The molecule has 3 aromatic carbocycles. The number of aryl methyl sites for hydroxylation is 2. The Morgan fingerprint density at radius 3 is 1.93 bits per heavy atom. The molecule has 2 N–H and O–H groups in total. The first-order valence-electron chi connectivity index (χ1n) is 14.3. The smallest absolute Gasteiger partial charge is 0.335 e. The second kappa shape index (κ2) is 15.9. The Morgan fingerprint density at radius 2 is 1.45 bits per heavy atom. The van der Waals surface area contributed by atoms with Crippen molar-refractivity contribution in [2.45, 2.75) is 47.0 Å². The van der Waals surface area contributed by atoms with Crippen molar-refractivity contribution in [3.8, 4) is 11.1 Å². The molecule has 0 saturated carbocycles. The third-order valence-corrected chi connectivity index (χ3v) is 7.71. The van der Waals surface area contributed by atoms with Crippen molar-refractivity contribution >= 4 is 23.3 Å². The average Bonchev–Trinajstić information content (AvgIpc) is 3.00. The average molecular weight is 586 g/mol. The minimum atomic E-state index is -0.946. The number of pyridine rings is 1. The van der Waals surface area contributed by atoms with E-state index in [-0.39, 0.29) is 11.5 Å². The Balaban J connectivity index is 0.000000616. The van der Waals surface area contributed by atoms with Crippen LogP contribution in [0, 0.1) is 13.8 Å². The molecule has 0 aliphatic heterocycles. The maximum atomic E-state index is 11.1. The Kier molecular flexibility index (Phi) is 12.3. The molecule has 0 bridgehead atoms. The summed E-state index contributed by atoms with van der Waals surface area (Å²) < 4.78 is 0. The zero-order valence-electron chi connectivity index (χ0n) is 25.0. The largest absolute Gasteiger partial charge is 0.478 e. The number of halogens is 1. The summed E-state index contributed by atoms with van der Waals surface area (Å²) in [6.45, 7) is 14.1. The third kappa shape index (κ3) is 8.75. The minimum Gasteiger partial charge on any atom is -0.478 e. The number of aromatic nitrogens is 1.